The number of halogens is 6. The van der Waals surface area contributed by atoms with Crippen molar-refractivity contribution >= 4 is 10.0 Å². The van der Waals surface area contributed by atoms with E-state index in [0.29, 0.717) is 31.2 Å². The van der Waals surface area contributed by atoms with Gasteiger partial charge in [0.2, 0.25) is 15.8 Å². The Balaban J connectivity index is 2.12. The lowest BCUT2D eigenvalue weighted by Crippen LogP contribution is -2.39. The number of hydrogen-bond donors (Lipinski definition) is 0. The van der Waals surface area contributed by atoms with Crippen molar-refractivity contribution in [1.29, 1.82) is 0 Å². The quantitative estimate of drug-likeness (QED) is 0.399. The van der Waals surface area contributed by atoms with Gasteiger partial charge in [0.1, 0.15) is 5.82 Å². The summed E-state index contributed by atoms with van der Waals surface area (Å²) < 4.78 is 109. The average Bonchev–Trinajstić information content (AvgIpc) is 3.18. The molecule has 0 N–H and O–H groups in total. The van der Waals surface area contributed by atoms with Crippen molar-refractivity contribution in [2.45, 2.75) is 43.2 Å². The first kappa shape index (κ1) is 20.7. The van der Waals surface area contributed by atoms with Crippen LogP contribution in [-0.4, -0.2) is 18.8 Å². The van der Waals surface area contributed by atoms with Crippen molar-refractivity contribution in [3.05, 3.63) is 64.7 Å². The number of sulfonamides is 1. The minimum atomic E-state index is -5.07. The molecule has 2 aromatic rings. The van der Waals surface area contributed by atoms with Gasteiger partial charge < -0.3 is 0 Å². The summed E-state index contributed by atoms with van der Waals surface area (Å²) in [6.45, 7) is -0.396. The standard InChI is InChI=1S/C18H15F6NO2S/c19-11-7-5-10(6-8-11)9-25(12-3-1-2-4-12)28(26,27)18-16(23)14(21)13(20)15(22)17(18)24/h5-8,12H,1-4,9H2. The first-order valence-corrected chi connectivity index (χ1v) is 9.86. The molecule has 1 aliphatic carbocycles. The molecule has 0 heterocycles. The summed E-state index contributed by atoms with van der Waals surface area (Å²) in [6, 6.07) is 4.04. The fraction of sp³-hybridized carbons (Fsp3) is 0.333. The molecule has 28 heavy (non-hydrogen) atoms. The smallest absolute Gasteiger partial charge is 0.207 e. The van der Waals surface area contributed by atoms with Gasteiger partial charge in [-0.25, -0.2) is 34.8 Å². The monoisotopic (exact) mass is 423 g/mol. The van der Waals surface area contributed by atoms with Gasteiger partial charge in [0.25, 0.3) is 0 Å². The van der Waals surface area contributed by atoms with Crippen molar-refractivity contribution in [3.63, 3.8) is 0 Å². The molecule has 0 atom stereocenters. The highest BCUT2D eigenvalue weighted by atomic mass is 32.2. The fourth-order valence-corrected chi connectivity index (χ4v) is 5.09. The highest BCUT2D eigenvalue weighted by molar-refractivity contribution is 7.89. The van der Waals surface area contributed by atoms with Gasteiger partial charge in [-0.1, -0.05) is 25.0 Å². The number of rotatable bonds is 5. The second kappa shape index (κ2) is 7.75. The van der Waals surface area contributed by atoms with Crippen molar-refractivity contribution < 1.29 is 34.8 Å². The largest absolute Gasteiger partial charge is 0.249 e. The van der Waals surface area contributed by atoms with Gasteiger partial charge in [0.15, 0.2) is 28.2 Å². The Morgan fingerprint density at radius 3 is 1.75 bits per heavy atom. The van der Waals surface area contributed by atoms with Gasteiger partial charge in [-0.2, -0.15) is 4.31 Å². The maximum atomic E-state index is 14.2. The molecule has 0 aliphatic heterocycles. The van der Waals surface area contributed by atoms with Crippen molar-refractivity contribution in [3.8, 4) is 0 Å². The van der Waals surface area contributed by atoms with E-state index in [0.717, 1.165) is 16.4 Å². The van der Waals surface area contributed by atoms with E-state index in [4.69, 9.17) is 0 Å². The molecule has 3 rings (SSSR count). The molecule has 0 aromatic heterocycles. The highest BCUT2D eigenvalue weighted by Gasteiger charge is 2.40. The third-order valence-electron chi connectivity index (χ3n) is 4.72. The summed E-state index contributed by atoms with van der Waals surface area (Å²) in [4.78, 5) is -1.88. The molecule has 0 saturated heterocycles. The lowest BCUT2D eigenvalue weighted by atomic mass is 10.2. The topological polar surface area (TPSA) is 37.4 Å². The number of nitrogens with zero attached hydrogens (tertiary/aromatic N) is 1. The van der Waals surface area contributed by atoms with E-state index in [1.165, 1.54) is 12.1 Å². The molecule has 0 radical (unpaired) electrons. The van der Waals surface area contributed by atoms with Crippen molar-refractivity contribution in [2.24, 2.45) is 0 Å². The molecule has 0 amide bonds. The van der Waals surface area contributed by atoms with E-state index < -0.39 is 62.4 Å². The van der Waals surface area contributed by atoms with E-state index in [1.807, 2.05) is 0 Å². The Labute approximate surface area is 157 Å². The van der Waals surface area contributed by atoms with Crippen molar-refractivity contribution in [1.82, 2.24) is 4.31 Å². The van der Waals surface area contributed by atoms with Crippen LogP contribution in [0.15, 0.2) is 29.2 Å². The van der Waals surface area contributed by atoms with E-state index in [1.54, 1.807) is 0 Å². The highest BCUT2D eigenvalue weighted by Crippen LogP contribution is 2.34. The Kier molecular flexibility index (Phi) is 5.72. The molecule has 0 bridgehead atoms. The molecular formula is C18H15F6NO2S. The Morgan fingerprint density at radius 1 is 0.786 bits per heavy atom. The molecule has 10 heteroatoms. The SMILES string of the molecule is O=S(=O)(c1c(F)c(F)c(F)c(F)c1F)N(Cc1ccc(F)cc1)C1CCCC1. The lowest BCUT2D eigenvalue weighted by Gasteiger charge is -2.28. The normalized spacial score (nSPS) is 15.5. The molecule has 2 aromatic carbocycles. The van der Waals surface area contributed by atoms with Crippen LogP contribution in [0.3, 0.4) is 0 Å². The maximum Gasteiger partial charge on any atom is 0.249 e. The average molecular weight is 423 g/mol. The molecule has 152 valence electrons. The Morgan fingerprint density at radius 2 is 1.25 bits per heavy atom. The second-order valence-electron chi connectivity index (χ2n) is 6.51. The molecule has 0 spiro atoms. The van der Waals surface area contributed by atoms with Gasteiger partial charge >= 0.3 is 0 Å². The van der Waals surface area contributed by atoms with E-state index in [9.17, 15) is 34.8 Å². The summed E-state index contributed by atoms with van der Waals surface area (Å²) in [5.41, 5.74) is 0.306. The third-order valence-corrected chi connectivity index (χ3v) is 6.64. The summed E-state index contributed by atoms with van der Waals surface area (Å²) >= 11 is 0. The molecule has 0 unspecified atom stereocenters. The Hall–Kier alpha value is -2.07. The summed E-state index contributed by atoms with van der Waals surface area (Å²) in [5, 5.41) is 0. The minimum Gasteiger partial charge on any atom is -0.207 e. The zero-order valence-corrected chi connectivity index (χ0v) is 15.2. The van der Waals surface area contributed by atoms with Crippen LogP contribution in [0.2, 0.25) is 0 Å². The zero-order chi connectivity index (χ0) is 20.6. The molecule has 1 aliphatic rings. The van der Waals surface area contributed by atoms with Gasteiger partial charge in [0.05, 0.1) is 0 Å². The first-order chi connectivity index (χ1) is 13.1. The van der Waals surface area contributed by atoms with Crippen LogP contribution in [0.1, 0.15) is 31.2 Å². The summed E-state index contributed by atoms with van der Waals surface area (Å²) in [5.74, 6) is -12.5. The van der Waals surface area contributed by atoms with Crippen LogP contribution in [-0.2, 0) is 16.6 Å². The maximum absolute atomic E-state index is 14.2. The summed E-state index contributed by atoms with van der Waals surface area (Å²) in [7, 11) is -5.07. The predicted octanol–water partition coefficient (Wildman–Crippen LogP) is 4.65. The summed E-state index contributed by atoms with van der Waals surface area (Å²) in [6.07, 6.45) is 2.04. The van der Waals surface area contributed by atoms with E-state index >= 15 is 0 Å². The number of benzene rings is 2. The van der Waals surface area contributed by atoms with Gasteiger partial charge in [-0.05, 0) is 30.5 Å². The number of hydrogen-bond acceptors (Lipinski definition) is 2. The van der Waals surface area contributed by atoms with Crippen LogP contribution < -0.4 is 0 Å². The van der Waals surface area contributed by atoms with Gasteiger partial charge in [0, 0.05) is 12.6 Å². The van der Waals surface area contributed by atoms with Gasteiger partial charge in [-0.3, -0.25) is 0 Å². The third kappa shape index (κ3) is 3.62. The van der Waals surface area contributed by atoms with Crippen molar-refractivity contribution in [2.75, 3.05) is 0 Å². The molecule has 1 saturated carbocycles. The minimum absolute atomic E-state index is 0.306. The molecule has 3 nitrogen and oxygen atoms in total. The van der Waals surface area contributed by atoms with Crippen LogP contribution in [0.25, 0.3) is 0 Å². The van der Waals surface area contributed by atoms with Crippen LogP contribution >= 0.6 is 0 Å². The van der Waals surface area contributed by atoms with Crippen LogP contribution in [0.5, 0.6) is 0 Å². The first-order valence-electron chi connectivity index (χ1n) is 8.42. The zero-order valence-electron chi connectivity index (χ0n) is 14.4. The van der Waals surface area contributed by atoms with E-state index in [2.05, 4.69) is 0 Å². The Bertz CT molecular complexity index is 959. The van der Waals surface area contributed by atoms with Crippen LogP contribution in [0, 0.1) is 34.9 Å². The van der Waals surface area contributed by atoms with E-state index in [-0.39, 0.29) is 0 Å². The predicted molar refractivity (Wildman–Crippen MR) is 87.6 cm³/mol. The van der Waals surface area contributed by atoms with Gasteiger partial charge in [-0.15, -0.1) is 0 Å². The lowest BCUT2D eigenvalue weighted by molar-refractivity contribution is 0.306. The second-order valence-corrected chi connectivity index (χ2v) is 8.34. The fourth-order valence-electron chi connectivity index (χ4n) is 3.30. The molecular weight excluding hydrogens is 408 g/mol. The van der Waals surface area contributed by atoms with Crippen LogP contribution in [0.4, 0.5) is 26.3 Å². The molecule has 1 fully saturated rings.